The molecular weight excluding hydrogens is 465 g/mol. The van der Waals surface area contributed by atoms with E-state index in [9.17, 15) is 9.59 Å². The van der Waals surface area contributed by atoms with Crippen LogP contribution < -0.4 is 16.0 Å². The number of piperazine rings is 1. The molecule has 0 unspecified atom stereocenters. The van der Waals surface area contributed by atoms with Crippen LogP contribution in [-0.2, 0) is 18.4 Å². The van der Waals surface area contributed by atoms with E-state index in [0.717, 1.165) is 5.69 Å². The Bertz CT molecular complexity index is 845. The molecule has 0 radical (unpaired) electrons. The third-order valence-corrected chi connectivity index (χ3v) is 4.06. The maximum atomic E-state index is 12.5. The van der Waals surface area contributed by atoms with Gasteiger partial charge in [0.25, 0.3) is 5.91 Å². The quantitative estimate of drug-likeness (QED) is 0.360. The Morgan fingerprint density at radius 1 is 1.41 bits per heavy atom. The van der Waals surface area contributed by atoms with Crippen LogP contribution in [0.2, 0.25) is 0 Å². The summed E-state index contributed by atoms with van der Waals surface area (Å²) in [7, 11) is 3.46. The minimum Gasteiger partial charge on any atom is -0.454 e. The molecule has 2 aromatic rings. The van der Waals surface area contributed by atoms with Gasteiger partial charge in [0.2, 0.25) is 5.91 Å². The zero-order valence-electron chi connectivity index (χ0n) is 15.1. The van der Waals surface area contributed by atoms with Crippen LogP contribution in [0.3, 0.4) is 0 Å². The highest BCUT2D eigenvalue weighted by Gasteiger charge is 2.27. The number of amides is 2. The summed E-state index contributed by atoms with van der Waals surface area (Å²) in [5.74, 6) is 0.609. The Labute approximate surface area is 173 Å². The lowest BCUT2D eigenvalue weighted by atomic mass is 10.3. The molecule has 3 N–H and O–H groups in total. The highest BCUT2D eigenvalue weighted by Crippen LogP contribution is 2.16. The van der Waals surface area contributed by atoms with Crippen molar-refractivity contribution in [3.63, 3.8) is 0 Å². The summed E-state index contributed by atoms with van der Waals surface area (Å²) in [5.41, 5.74) is 5.96. The van der Waals surface area contributed by atoms with Gasteiger partial charge in [-0.05, 0) is 12.1 Å². The van der Waals surface area contributed by atoms with Gasteiger partial charge in [-0.2, -0.15) is 5.10 Å². The molecule has 0 bridgehead atoms. The average Bonchev–Trinajstić information content (AvgIpc) is 3.25. The highest BCUT2D eigenvalue weighted by molar-refractivity contribution is 14.0. The van der Waals surface area contributed by atoms with E-state index in [-0.39, 0.29) is 42.2 Å². The third-order valence-electron chi connectivity index (χ3n) is 4.06. The molecule has 10 nitrogen and oxygen atoms in total. The zero-order chi connectivity index (χ0) is 18.7. The number of hydrogen-bond acceptors (Lipinski definition) is 5. The second kappa shape index (κ2) is 8.88. The number of hydrogen-bond donors (Lipinski definition) is 2. The number of aryl methyl sites for hydroxylation is 1. The van der Waals surface area contributed by atoms with Gasteiger partial charge in [-0.1, -0.05) is 0 Å². The number of halogens is 1. The summed E-state index contributed by atoms with van der Waals surface area (Å²) in [6, 6.07) is 3.20. The van der Waals surface area contributed by atoms with Gasteiger partial charge in [0, 0.05) is 33.4 Å². The first kappa shape index (κ1) is 20.7. The van der Waals surface area contributed by atoms with Crippen LogP contribution in [-0.4, -0.2) is 59.1 Å². The van der Waals surface area contributed by atoms with Crippen molar-refractivity contribution in [3.8, 4) is 0 Å². The summed E-state index contributed by atoms with van der Waals surface area (Å²) in [5, 5.41) is 7.23. The summed E-state index contributed by atoms with van der Waals surface area (Å²) in [6.45, 7) is 1.71. The molecule has 0 spiro atoms. The van der Waals surface area contributed by atoms with E-state index in [1.807, 2.05) is 18.1 Å². The van der Waals surface area contributed by atoms with Gasteiger partial charge in [-0.15, -0.1) is 24.0 Å². The zero-order valence-corrected chi connectivity index (χ0v) is 17.4. The highest BCUT2D eigenvalue weighted by atomic mass is 127. The lowest BCUT2D eigenvalue weighted by molar-refractivity contribution is -0.120. The van der Waals surface area contributed by atoms with Crippen LogP contribution in [0.4, 0.5) is 5.69 Å². The van der Waals surface area contributed by atoms with E-state index < -0.39 is 5.91 Å². The van der Waals surface area contributed by atoms with Crippen LogP contribution in [0.25, 0.3) is 0 Å². The normalized spacial score (nSPS) is 14.9. The standard InChI is InChI=1S/C16H21N7O3.HI/c1-18-16(19-8-12-3-4-13(26-12)15(17)25)22-5-6-23(14(24)10-22)11-7-20-21(2)9-11;/h3-4,7,9H,5-6,8,10H2,1-2H3,(H2,17,25)(H,18,19);1H. The molecule has 1 aliphatic heterocycles. The molecule has 27 heavy (non-hydrogen) atoms. The number of nitrogens with two attached hydrogens (primary N) is 1. The van der Waals surface area contributed by atoms with E-state index in [2.05, 4.69) is 15.4 Å². The van der Waals surface area contributed by atoms with Crippen molar-refractivity contribution in [3.05, 3.63) is 36.0 Å². The van der Waals surface area contributed by atoms with Crippen LogP contribution in [0.5, 0.6) is 0 Å². The van der Waals surface area contributed by atoms with Crippen molar-refractivity contribution >= 4 is 47.4 Å². The molecule has 3 rings (SSSR count). The van der Waals surface area contributed by atoms with Crippen molar-refractivity contribution in [2.45, 2.75) is 6.54 Å². The number of rotatable bonds is 4. The maximum absolute atomic E-state index is 12.5. The van der Waals surface area contributed by atoms with Crippen LogP contribution >= 0.6 is 24.0 Å². The van der Waals surface area contributed by atoms with Crippen molar-refractivity contribution < 1.29 is 14.0 Å². The first-order valence-corrected chi connectivity index (χ1v) is 8.11. The number of furan rings is 1. The summed E-state index contributed by atoms with van der Waals surface area (Å²) in [4.78, 5) is 31.3. The largest absolute Gasteiger partial charge is 0.454 e. The number of guanidine groups is 1. The van der Waals surface area contributed by atoms with E-state index in [0.29, 0.717) is 31.4 Å². The summed E-state index contributed by atoms with van der Waals surface area (Å²) < 4.78 is 7.00. The second-order valence-electron chi connectivity index (χ2n) is 5.87. The smallest absolute Gasteiger partial charge is 0.284 e. The molecule has 0 saturated carbocycles. The van der Waals surface area contributed by atoms with E-state index in [4.69, 9.17) is 10.2 Å². The Morgan fingerprint density at radius 3 is 2.74 bits per heavy atom. The fourth-order valence-electron chi connectivity index (χ4n) is 2.78. The number of nitrogens with one attached hydrogen (secondary N) is 1. The molecular formula is C16H22IN7O3. The van der Waals surface area contributed by atoms with Crippen molar-refractivity contribution in [1.29, 1.82) is 0 Å². The number of carbonyl (C=O) groups excluding carboxylic acids is 2. The number of aliphatic imine (C=N–C) groups is 1. The Hall–Kier alpha value is -2.57. The van der Waals surface area contributed by atoms with Gasteiger partial charge in [0.15, 0.2) is 11.7 Å². The second-order valence-corrected chi connectivity index (χ2v) is 5.87. The fourth-order valence-corrected chi connectivity index (χ4v) is 2.78. The SMILES string of the molecule is CN=C(NCc1ccc(C(N)=O)o1)N1CCN(c2cnn(C)c2)C(=O)C1.I. The fraction of sp³-hybridized carbons (Fsp3) is 0.375. The van der Waals surface area contributed by atoms with Gasteiger partial charge >= 0.3 is 0 Å². The van der Waals surface area contributed by atoms with Crippen molar-refractivity contribution in [1.82, 2.24) is 20.0 Å². The molecule has 1 saturated heterocycles. The molecule has 0 aliphatic carbocycles. The van der Waals surface area contributed by atoms with Crippen LogP contribution in [0.15, 0.2) is 33.9 Å². The number of nitrogens with zero attached hydrogens (tertiary/aromatic N) is 5. The lowest BCUT2D eigenvalue weighted by Crippen LogP contribution is -2.55. The third kappa shape index (κ3) is 4.78. The molecule has 146 valence electrons. The number of anilines is 1. The van der Waals surface area contributed by atoms with E-state index >= 15 is 0 Å². The molecule has 2 amide bonds. The Kier molecular flexibility index (Phi) is 6.82. The molecule has 1 fully saturated rings. The van der Waals surface area contributed by atoms with Crippen molar-refractivity contribution in [2.75, 3.05) is 31.6 Å². The average molecular weight is 487 g/mol. The summed E-state index contributed by atoms with van der Waals surface area (Å²) in [6.07, 6.45) is 3.49. The summed E-state index contributed by atoms with van der Waals surface area (Å²) >= 11 is 0. The predicted molar refractivity (Wildman–Crippen MR) is 110 cm³/mol. The van der Waals surface area contributed by atoms with Gasteiger partial charge in [0.05, 0.1) is 18.4 Å². The molecule has 2 aromatic heterocycles. The van der Waals surface area contributed by atoms with Crippen LogP contribution in [0.1, 0.15) is 16.3 Å². The van der Waals surface area contributed by atoms with Gasteiger partial charge < -0.3 is 25.3 Å². The Balaban J connectivity index is 0.00000261. The topological polar surface area (TPSA) is 122 Å². The van der Waals surface area contributed by atoms with Crippen molar-refractivity contribution in [2.24, 2.45) is 17.8 Å². The monoisotopic (exact) mass is 487 g/mol. The van der Waals surface area contributed by atoms with E-state index in [1.54, 1.807) is 28.9 Å². The molecule has 0 aromatic carbocycles. The number of carbonyl (C=O) groups is 2. The first-order valence-electron chi connectivity index (χ1n) is 8.11. The minimum absolute atomic E-state index is 0. The van der Waals surface area contributed by atoms with Gasteiger partial charge in [-0.25, -0.2) is 0 Å². The molecule has 1 aliphatic rings. The maximum Gasteiger partial charge on any atom is 0.284 e. The lowest BCUT2D eigenvalue weighted by Gasteiger charge is -2.35. The number of aromatic nitrogens is 2. The molecule has 3 heterocycles. The number of primary amides is 1. The Morgan fingerprint density at radius 2 is 2.19 bits per heavy atom. The molecule has 11 heteroatoms. The van der Waals surface area contributed by atoms with Crippen LogP contribution in [0, 0.1) is 0 Å². The van der Waals surface area contributed by atoms with Gasteiger partial charge in [-0.3, -0.25) is 19.3 Å². The van der Waals surface area contributed by atoms with E-state index in [1.165, 1.54) is 6.07 Å². The first-order chi connectivity index (χ1) is 12.5. The minimum atomic E-state index is -0.613. The predicted octanol–water partition coefficient (Wildman–Crippen LogP) is 0.154. The van der Waals surface area contributed by atoms with Gasteiger partial charge in [0.1, 0.15) is 12.3 Å². The molecule has 0 atom stereocenters.